The second-order valence-corrected chi connectivity index (χ2v) is 4.26. The first-order chi connectivity index (χ1) is 8.76. The molecule has 18 heavy (non-hydrogen) atoms. The Balaban J connectivity index is 2.37. The zero-order chi connectivity index (χ0) is 13.2. The highest BCUT2D eigenvalue weighted by molar-refractivity contribution is 5.89. The van der Waals surface area contributed by atoms with Crippen LogP contribution in [0.5, 0.6) is 0 Å². The SMILES string of the molecule is CCCCCc1ccc(NC(=O)NCCO)cc1. The monoisotopic (exact) mass is 250 g/mol. The number of carbonyl (C=O) groups excluding carboxylic acids is 1. The molecule has 0 heterocycles. The molecule has 0 saturated carbocycles. The number of anilines is 1. The van der Waals surface area contributed by atoms with Crippen molar-refractivity contribution in [1.82, 2.24) is 5.32 Å². The summed E-state index contributed by atoms with van der Waals surface area (Å²) in [7, 11) is 0. The molecule has 1 aromatic rings. The normalized spacial score (nSPS) is 10.1. The summed E-state index contributed by atoms with van der Waals surface area (Å²) in [6.07, 6.45) is 4.78. The topological polar surface area (TPSA) is 61.4 Å². The highest BCUT2D eigenvalue weighted by Crippen LogP contribution is 2.12. The van der Waals surface area contributed by atoms with Gasteiger partial charge in [0.25, 0.3) is 0 Å². The predicted molar refractivity (Wildman–Crippen MR) is 73.8 cm³/mol. The molecule has 0 bridgehead atoms. The van der Waals surface area contributed by atoms with Crippen LogP contribution in [0.25, 0.3) is 0 Å². The minimum atomic E-state index is -0.289. The maximum Gasteiger partial charge on any atom is 0.319 e. The highest BCUT2D eigenvalue weighted by Gasteiger charge is 2.00. The van der Waals surface area contributed by atoms with Crippen molar-refractivity contribution >= 4 is 11.7 Å². The molecule has 4 heteroatoms. The summed E-state index contributed by atoms with van der Waals surface area (Å²) in [5, 5.41) is 13.8. The van der Waals surface area contributed by atoms with Crippen molar-refractivity contribution in [3.63, 3.8) is 0 Å². The van der Waals surface area contributed by atoms with Crippen LogP contribution in [-0.2, 0) is 6.42 Å². The van der Waals surface area contributed by atoms with Gasteiger partial charge in [-0.25, -0.2) is 4.79 Å². The van der Waals surface area contributed by atoms with Crippen molar-refractivity contribution in [1.29, 1.82) is 0 Å². The Morgan fingerprint density at radius 1 is 1.22 bits per heavy atom. The molecule has 1 rings (SSSR count). The van der Waals surface area contributed by atoms with Crippen molar-refractivity contribution < 1.29 is 9.90 Å². The lowest BCUT2D eigenvalue weighted by molar-refractivity contribution is 0.245. The van der Waals surface area contributed by atoms with Gasteiger partial charge in [-0.1, -0.05) is 31.9 Å². The minimum absolute atomic E-state index is 0.0518. The molecule has 0 radical (unpaired) electrons. The van der Waals surface area contributed by atoms with E-state index in [1.165, 1.54) is 24.8 Å². The van der Waals surface area contributed by atoms with Crippen molar-refractivity contribution in [2.45, 2.75) is 32.6 Å². The number of aliphatic hydroxyl groups is 1. The van der Waals surface area contributed by atoms with Gasteiger partial charge >= 0.3 is 6.03 Å². The van der Waals surface area contributed by atoms with Gasteiger partial charge in [0.05, 0.1) is 6.61 Å². The van der Waals surface area contributed by atoms with Crippen molar-refractivity contribution in [2.24, 2.45) is 0 Å². The zero-order valence-electron chi connectivity index (χ0n) is 10.9. The summed E-state index contributed by atoms with van der Waals surface area (Å²) in [5.74, 6) is 0. The van der Waals surface area contributed by atoms with Crippen LogP contribution in [0.4, 0.5) is 10.5 Å². The maximum absolute atomic E-state index is 11.3. The van der Waals surface area contributed by atoms with E-state index in [2.05, 4.69) is 17.6 Å². The third-order valence-corrected chi connectivity index (χ3v) is 2.68. The van der Waals surface area contributed by atoms with E-state index in [-0.39, 0.29) is 19.2 Å². The second kappa shape index (κ2) is 8.53. The molecule has 0 spiro atoms. The number of urea groups is 1. The summed E-state index contributed by atoms with van der Waals surface area (Å²) in [6.45, 7) is 2.41. The van der Waals surface area contributed by atoms with Gasteiger partial charge in [0.2, 0.25) is 0 Å². The predicted octanol–water partition coefficient (Wildman–Crippen LogP) is 2.53. The van der Waals surface area contributed by atoms with E-state index >= 15 is 0 Å². The Hall–Kier alpha value is -1.55. The maximum atomic E-state index is 11.3. The average Bonchev–Trinajstić information content (AvgIpc) is 2.39. The molecule has 0 unspecified atom stereocenters. The number of aryl methyl sites for hydroxylation is 1. The van der Waals surface area contributed by atoms with Crippen LogP contribution in [0.3, 0.4) is 0 Å². The summed E-state index contributed by atoms with van der Waals surface area (Å²) in [5.41, 5.74) is 2.06. The number of benzene rings is 1. The Morgan fingerprint density at radius 2 is 1.94 bits per heavy atom. The van der Waals surface area contributed by atoms with Crippen LogP contribution in [0.15, 0.2) is 24.3 Å². The zero-order valence-corrected chi connectivity index (χ0v) is 10.9. The Kier molecular flexibility index (Phi) is 6.87. The number of carbonyl (C=O) groups is 1. The number of aliphatic hydroxyl groups excluding tert-OH is 1. The summed E-state index contributed by atoms with van der Waals surface area (Å²) in [4.78, 5) is 11.3. The van der Waals surface area contributed by atoms with Gasteiger partial charge in [-0.15, -0.1) is 0 Å². The number of amides is 2. The molecular formula is C14H22N2O2. The van der Waals surface area contributed by atoms with Gasteiger partial charge < -0.3 is 15.7 Å². The third-order valence-electron chi connectivity index (χ3n) is 2.68. The molecule has 0 aromatic heterocycles. The summed E-state index contributed by atoms with van der Waals surface area (Å²) in [6, 6.07) is 7.59. The van der Waals surface area contributed by atoms with Gasteiger partial charge in [-0.3, -0.25) is 0 Å². The quantitative estimate of drug-likeness (QED) is 0.651. The fourth-order valence-electron chi connectivity index (χ4n) is 1.68. The van der Waals surface area contributed by atoms with E-state index in [0.717, 1.165) is 12.1 Å². The number of hydrogen-bond acceptors (Lipinski definition) is 2. The molecule has 0 aliphatic heterocycles. The van der Waals surface area contributed by atoms with Gasteiger partial charge in [0.15, 0.2) is 0 Å². The van der Waals surface area contributed by atoms with Crippen molar-refractivity contribution in [2.75, 3.05) is 18.5 Å². The number of hydrogen-bond donors (Lipinski definition) is 3. The van der Waals surface area contributed by atoms with Gasteiger partial charge in [0.1, 0.15) is 0 Å². The van der Waals surface area contributed by atoms with E-state index in [1.807, 2.05) is 24.3 Å². The number of nitrogens with one attached hydrogen (secondary N) is 2. The first-order valence-electron chi connectivity index (χ1n) is 6.51. The lowest BCUT2D eigenvalue weighted by Crippen LogP contribution is -2.30. The van der Waals surface area contributed by atoms with Gasteiger partial charge in [0, 0.05) is 12.2 Å². The molecule has 0 aliphatic carbocycles. The molecule has 4 nitrogen and oxygen atoms in total. The summed E-state index contributed by atoms with van der Waals surface area (Å²) >= 11 is 0. The molecule has 100 valence electrons. The Bertz CT molecular complexity index is 349. The third kappa shape index (κ3) is 5.68. The fraction of sp³-hybridized carbons (Fsp3) is 0.500. The van der Waals surface area contributed by atoms with Crippen LogP contribution in [-0.4, -0.2) is 24.3 Å². The number of rotatable bonds is 7. The fourth-order valence-corrected chi connectivity index (χ4v) is 1.68. The molecule has 0 aliphatic rings. The van der Waals surface area contributed by atoms with Crippen LogP contribution < -0.4 is 10.6 Å². The smallest absolute Gasteiger partial charge is 0.319 e. The molecule has 1 aromatic carbocycles. The second-order valence-electron chi connectivity index (χ2n) is 4.26. The van der Waals surface area contributed by atoms with Crippen LogP contribution >= 0.6 is 0 Å². The average molecular weight is 250 g/mol. The molecule has 0 atom stereocenters. The lowest BCUT2D eigenvalue weighted by Gasteiger charge is -2.07. The molecule has 3 N–H and O–H groups in total. The van der Waals surface area contributed by atoms with E-state index in [1.54, 1.807) is 0 Å². The van der Waals surface area contributed by atoms with E-state index < -0.39 is 0 Å². The Morgan fingerprint density at radius 3 is 2.56 bits per heavy atom. The standard InChI is InChI=1S/C14H22N2O2/c1-2-3-4-5-12-6-8-13(9-7-12)16-14(18)15-10-11-17/h6-9,17H,2-5,10-11H2,1H3,(H2,15,16,18). The molecular weight excluding hydrogens is 228 g/mol. The van der Waals surface area contributed by atoms with Crippen LogP contribution in [0.1, 0.15) is 31.7 Å². The minimum Gasteiger partial charge on any atom is -0.395 e. The highest BCUT2D eigenvalue weighted by atomic mass is 16.3. The van der Waals surface area contributed by atoms with Crippen LogP contribution in [0, 0.1) is 0 Å². The largest absolute Gasteiger partial charge is 0.395 e. The first kappa shape index (κ1) is 14.5. The van der Waals surface area contributed by atoms with E-state index in [0.29, 0.717) is 0 Å². The van der Waals surface area contributed by atoms with Crippen molar-refractivity contribution in [3.05, 3.63) is 29.8 Å². The van der Waals surface area contributed by atoms with Crippen LogP contribution in [0.2, 0.25) is 0 Å². The van der Waals surface area contributed by atoms with E-state index in [9.17, 15) is 4.79 Å². The Labute approximate surface area is 108 Å². The molecule has 0 fully saturated rings. The van der Waals surface area contributed by atoms with Gasteiger partial charge in [-0.2, -0.15) is 0 Å². The first-order valence-corrected chi connectivity index (χ1v) is 6.51. The number of unbranched alkanes of at least 4 members (excludes halogenated alkanes) is 2. The van der Waals surface area contributed by atoms with Gasteiger partial charge in [-0.05, 0) is 30.5 Å². The lowest BCUT2D eigenvalue weighted by atomic mass is 10.1. The van der Waals surface area contributed by atoms with E-state index in [4.69, 9.17) is 5.11 Å². The molecule has 0 saturated heterocycles. The summed E-state index contributed by atoms with van der Waals surface area (Å²) < 4.78 is 0. The molecule has 2 amide bonds. The van der Waals surface area contributed by atoms with Crippen molar-refractivity contribution in [3.8, 4) is 0 Å².